The summed E-state index contributed by atoms with van der Waals surface area (Å²) in [5.74, 6) is 2.81. The minimum atomic E-state index is -0.426. The van der Waals surface area contributed by atoms with Crippen molar-refractivity contribution in [1.29, 1.82) is 5.26 Å². The maximum atomic E-state index is 9.18. The number of hydrogen-bond acceptors (Lipinski definition) is 4. The highest BCUT2D eigenvalue weighted by Gasteiger charge is 2.23. The Morgan fingerprint density at radius 1 is 1.59 bits per heavy atom. The fraction of sp³-hybridized carbons (Fsp3) is 0.615. The molecule has 0 aliphatic carbocycles. The highest BCUT2D eigenvalue weighted by Crippen LogP contribution is 2.18. The largest absolute Gasteiger partial charge is 0.468 e. The quantitative estimate of drug-likeness (QED) is 0.757. The van der Waals surface area contributed by atoms with Crippen molar-refractivity contribution in [2.24, 2.45) is 0 Å². The fourth-order valence-corrected chi connectivity index (χ4v) is 2.70. The fourth-order valence-electron chi connectivity index (χ4n) is 1.64. The summed E-state index contributed by atoms with van der Waals surface area (Å²) >= 11 is 1.80. The van der Waals surface area contributed by atoms with Crippen LogP contribution in [0.2, 0.25) is 0 Å². The zero-order chi connectivity index (χ0) is 12.7. The Hall–Kier alpha value is -0.920. The third kappa shape index (κ3) is 5.29. The molecule has 1 rings (SSSR count). The van der Waals surface area contributed by atoms with Gasteiger partial charge in [-0.2, -0.15) is 17.0 Å². The molecular weight excluding hydrogens is 232 g/mol. The van der Waals surface area contributed by atoms with Gasteiger partial charge in [-0.3, -0.25) is 5.32 Å². The van der Waals surface area contributed by atoms with Gasteiger partial charge < -0.3 is 4.42 Å². The molecule has 0 fully saturated rings. The van der Waals surface area contributed by atoms with E-state index in [2.05, 4.69) is 25.2 Å². The van der Waals surface area contributed by atoms with Gasteiger partial charge in [-0.1, -0.05) is 0 Å². The number of thioether (sulfide) groups is 1. The molecule has 0 radical (unpaired) electrons. The zero-order valence-corrected chi connectivity index (χ0v) is 11.5. The summed E-state index contributed by atoms with van der Waals surface area (Å²) in [5, 5.41) is 12.5. The van der Waals surface area contributed by atoms with Crippen LogP contribution in [0.3, 0.4) is 0 Å². The van der Waals surface area contributed by atoms with Gasteiger partial charge in [0.2, 0.25) is 0 Å². The normalized spacial score (nSPS) is 14.5. The molecule has 4 heteroatoms. The highest BCUT2D eigenvalue weighted by atomic mass is 32.2. The molecule has 1 atom stereocenters. The maximum absolute atomic E-state index is 9.18. The van der Waals surface area contributed by atoms with Crippen LogP contribution in [0, 0.1) is 11.3 Å². The predicted molar refractivity (Wildman–Crippen MR) is 71.8 cm³/mol. The summed E-state index contributed by atoms with van der Waals surface area (Å²) in [6, 6.07) is 6.56. The number of rotatable bonds is 7. The monoisotopic (exact) mass is 252 g/mol. The van der Waals surface area contributed by atoms with E-state index in [0.717, 1.165) is 23.7 Å². The predicted octanol–water partition coefficient (Wildman–Crippen LogP) is 3.18. The number of hydrogen-bond donors (Lipinski definition) is 1. The number of furan rings is 1. The van der Waals surface area contributed by atoms with Crippen LogP contribution in [-0.2, 0) is 5.75 Å². The number of nitrogens with zero attached hydrogens (tertiary/aromatic N) is 1. The van der Waals surface area contributed by atoms with E-state index in [9.17, 15) is 5.26 Å². The smallest absolute Gasteiger partial charge is 0.113 e. The molecule has 1 N–H and O–H groups in total. The minimum absolute atomic E-state index is 0.328. The lowest BCUT2D eigenvalue weighted by Gasteiger charge is -2.25. The van der Waals surface area contributed by atoms with Crippen LogP contribution in [0.1, 0.15) is 33.0 Å². The Bertz CT molecular complexity index is 356. The average molecular weight is 252 g/mol. The van der Waals surface area contributed by atoms with Crippen molar-refractivity contribution in [2.45, 2.75) is 44.5 Å². The first kappa shape index (κ1) is 14.1. The summed E-state index contributed by atoms with van der Waals surface area (Å²) in [7, 11) is 0. The Kier molecular flexibility index (Phi) is 5.60. The second-order valence-electron chi connectivity index (χ2n) is 4.62. The molecule has 0 saturated carbocycles. The minimum Gasteiger partial charge on any atom is -0.468 e. The van der Waals surface area contributed by atoms with Crippen LogP contribution in [-0.4, -0.2) is 17.3 Å². The SMILES string of the molecule is CC(C)NC(C)(C#N)CCSCc1ccco1. The Labute approximate surface area is 108 Å². The lowest BCUT2D eigenvalue weighted by atomic mass is 10.0. The lowest BCUT2D eigenvalue weighted by Crippen LogP contribution is -2.45. The lowest BCUT2D eigenvalue weighted by molar-refractivity contribution is 0.397. The first-order valence-electron chi connectivity index (χ1n) is 5.85. The topological polar surface area (TPSA) is 49.0 Å². The molecule has 17 heavy (non-hydrogen) atoms. The molecule has 94 valence electrons. The van der Waals surface area contributed by atoms with Gasteiger partial charge in [0.05, 0.1) is 18.1 Å². The summed E-state index contributed by atoms with van der Waals surface area (Å²) in [4.78, 5) is 0. The van der Waals surface area contributed by atoms with Crippen molar-refractivity contribution < 1.29 is 4.42 Å². The second kappa shape index (κ2) is 6.73. The summed E-state index contributed by atoms with van der Waals surface area (Å²) in [6.45, 7) is 6.08. The van der Waals surface area contributed by atoms with Gasteiger partial charge in [0.1, 0.15) is 11.3 Å². The van der Waals surface area contributed by atoms with Crippen molar-refractivity contribution >= 4 is 11.8 Å². The van der Waals surface area contributed by atoms with Crippen molar-refractivity contribution in [1.82, 2.24) is 5.32 Å². The molecule has 1 unspecified atom stereocenters. The number of nitrogens with one attached hydrogen (secondary N) is 1. The van der Waals surface area contributed by atoms with Gasteiger partial charge in [0.25, 0.3) is 0 Å². The van der Waals surface area contributed by atoms with E-state index in [1.807, 2.05) is 19.1 Å². The molecular formula is C13H20N2OS. The van der Waals surface area contributed by atoms with Crippen molar-refractivity contribution in [3.63, 3.8) is 0 Å². The van der Waals surface area contributed by atoms with E-state index < -0.39 is 5.54 Å². The van der Waals surface area contributed by atoms with Crippen LogP contribution < -0.4 is 5.32 Å². The Balaban J connectivity index is 2.26. The van der Waals surface area contributed by atoms with Crippen molar-refractivity contribution in [3.8, 4) is 6.07 Å². The molecule has 1 aromatic heterocycles. The number of nitriles is 1. The molecule has 0 saturated heterocycles. The Morgan fingerprint density at radius 2 is 2.35 bits per heavy atom. The Morgan fingerprint density at radius 3 is 2.88 bits per heavy atom. The van der Waals surface area contributed by atoms with E-state index in [0.29, 0.717) is 6.04 Å². The van der Waals surface area contributed by atoms with E-state index in [-0.39, 0.29) is 0 Å². The zero-order valence-electron chi connectivity index (χ0n) is 10.7. The highest BCUT2D eigenvalue weighted by molar-refractivity contribution is 7.98. The summed E-state index contributed by atoms with van der Waals surface area (Å²) in [6.07, 6.45) is 2.53. The van der Waals surface area contributed by atoms with Crippen LogP contribution in [0.5, 0.6) is 0 Å². The van der Waals surface area contributed by atoms with Crippen molar-refractivity contribution in [3.05, 3.63) is 24.2 Å². The third-order valence-electron chi connectivity index (χ3n) is 2.42. The average Bonchev–Trinajstić information content (AvgIpc) is 2.76. The van der Waals surface area contributed by atoms with Crippen molar-refractivity contribution in [2.75, 3.05) is 5.75 Å². The van der Waals surface area contributed by atoms with Gasteiger partial charge in [-0.15, -0.1) is 0 Å². The molecule has 0 spiro atoms. The third-order valence-corrected chi connectivity index (χ3v) is 3.41. The first-order chi connectivity index (χ1) is 8.06. The summed E-state index contributed by atoms with van der Waals surface area (Å²) < 4.78 is 5.26. The van der Waals surface area contributed by atoms with E-state index in [1.54, 1.807) is 18.0 Å². The van der Waals surface area contributed by atoms with E-state index in [4.69, 9.17) is 4.42 Å². The molecule has 0 aliphatic heterocycles. The molecule has 1 aromatic rings. The van der Waals surface area contributed by atoms with Crippen LogP contribution in [0.4, 0.5) is 0 Å². The van der Waals surface area contributed by atoms with E-state index in [1.165, 1.54) is 0 Å². The molecule has 0 amide bonds. The molecule has 1 heterocycles. The van der Waals surface area contributed by atoms with Gasteiger partial charge >= 0.3 is 0 Å². The summed E-state index contributed by atoms with van der Waals surface area (Å²) in [5.41, 5.74) is -0.426. The van der Waals surface area contributed by atoms with Gasteiger partial charge in [-0.05, 0) is 45.1 Å². The van der Waals surface area contributed by atoms with Gasteiger partial charge in [0, 0.05) is 6.04 Å². The van der Waals surface area contributed by atoms with Crippen LogP contribution in [0.15, 0.2) is 22.8 Å². The van der Waals surface area contributed by atoms with Gasteiger partial charge in [0.15, 0.2) is 0 Å². The molecule has 3 nitrogen and oxygen atoms in total. The van der Waals surface area contributed by atoms with Gasteiger partial charge in [-0.25, -0.2) is 0 Å². The maximum Gasteiger partial charge on any atom is 0.113 e. The second-order valence-corrected chi connectivity index (χ2v) is 5.73. The van der Waals surface area contributed by atoms with Crippen LogP contribution >= 0.6 is 11.8 Å². The molecule has 0 aliphatic rings. The van der Waals surface area contributed by atoms with E-state index >= 15 is 0 Å². The van der Waals surface area contributed by atoms with Crippen LogP contribution in [0.25, 0.3) is 0 Å². The first-order valence-corrected chi connectivity index (χ1v) is 7.00. The molecule has 0 aromatic carbocycles. The standard InChI is InChI=1S/C13H20N2OS/c1-11(2)15-13(3,10-14)6-8-17-9-12-5-4-7-16-12/h4-5,7,11,15H,6,8-9H2,1-3H3. The molecule has 0 bridgehead atoms.